The Kier molecular flexibility index (Phi) is 2.80. The summed E-state index contributed by atoms with van der Waals surface area (Å²) < 4.78 is 10.8. The number of benzene rings is 2. The number of nitrogens with two attached hydrogens (primary N) is 1. The summed E-state index contributed by atoms with van der Waals surface area (Å²) in [5.41, 5.74) is 8.43. The molecule has 0 bridgehead atoms. The number of hydrogen-bond acceptors (Lipinski definition) is 4. The third-order valence-electron chi connectivity index (χ3n) is 2.84. The summed E-state index contributed by atoms with van der Waals surface area (Å²) in [6.07, 6.45) is 0. The highest BCUT2D eigenvalue weighted by Crippen LogP contribution is 2.30. The van der Waals surface area contributed by atoms with Gasteiger partial charge in [-0.2, -0.15) is 0 Å². The summed E-state index contributed by atoms with van der Waals surface area (Å²) in [7, 11) is 1.61. The summed E-state index contributed by atoms with van der Waals surface area (Å²) in [5, 5.41) is 0.484. The molecule has 0 aliphatic rings. The van der Waals surface area contributed by atoms with Gasteiger partial charge in [0.2, 0.25) is 5.89 Å². The van der Waals surface area contributed by atoms with Crippen LogP contribution >= 0.6 is 11.6 Å². The van der Waals surface area contributed by atoms with Gasteiger partial charge in [-0.3, -0.25) is 0 Å². The second-order valence-electron chi connectivity index (χ2n) is 4.09. The predicted molar refractivity (Wildman–Crippen MR) is 75.4 cm³/mol. The zero-order chi connectivity index (χ0) is 13.4. The van der Waals surface area contributed by atoms with Gasteiger partial charge >= 0.3 is 0 Å². The molecule has 3 rings (SSSR count). The van der Waals surface area contributed by atoms with Crippen molar-refractivity contribution in [3.63, 3.8) is 0 Å². The highest BCUT2D eigenvalue weighted by molar-refractivity contribution is 6.33. The molecule has 2 aromatic carbocycles. The highest BCUT2D eigenvalue weighted by atomic mass is 35.5. The second-order valence-corrected chi connectivity index (χ2v) is 4.50. The summed E-state index contributed by atoms with van der Waals surface area (Å²) in [6, 6.07) is 10.8. The van der Waals surface area contributed by atoms with Crippen molar-refractivity contribution < 1.29 is 9.15 Å². The number of anilines is 1. The summed E-state index contributed by atoms with van der Waals surface area (Å²) >= 11 is 6.00. The summed E-state index contributed by atoms with van der Waals surface area (Å²) in [4.78, 5) is 4.42. The average Bonchev–Trinajstić information content (AvgIpc) is 2.84. The molecule has 96 valence electrons. The molecule has 0 unspecified atom stereocenters. The Morgan fingerprint density at radius 3 is 2.79 bits per heavy atom. The molecule has 0 aliphatic heterocycles. The highest BCUT2D eigenvalue weighted by Gasteiger charge is 2.10. The molecule has 0 spiro atoms. The zero-order valence-electron chi connectivity index (χ0n) is 10.2. The van der Waals surface area contributed by atoms with Crippen molar-refractivity contribution in [1.82, 2.24) is 4.98 Å². The number of rotatable bonds is 2. The molecule has 0 amide bonds. The van der Waals surface area contributed by atoms with E-state index in [4.69, 9.17) is 26.5 Å². The van der Waals surface area contributed by atoms with Crippen LogP contribution in [0.15, 0.2) is 40.8 Å². The fourth-order valence-electron chi connectivity index (χ4n) is 1.82. The minimum atomic E-state index is 0.484. The first kappa shape index (κ1) is 11.9. The molecule has 5 heteroatoms. The minimum Gasteiger partial charge on any atom is -0.497 e. The number of methoxy groups -OCH3 is 1. The molecular formula is C14H11ClN2O2. The van der Waals surface area contributed by atoms with E-state index in [9.17, 15) is 0 Å². The van der Waals surface area contributed by atoms with Crippen LogP contribution in [-0.2, 0) is 0 Å². The Hall–Kier alpha value is -2.20. The molecule has 0 atom stereocenters. The average molecular weight is 275 g/mol. The van der Waals surface area contributed by atoms with Gasteiger partial charge in [-0.15, -0.1) is 0 Å². The Morgan fingerprint density at radius 2 is 2.05 bits per heavy atom. The molecule has 19 heavy (non-hydrogen) atoms. The first-order valence-electron chi connectivity index (χ1n) is 5.67. The van der Waals surface area contributed by atoms with Crippen molar-refractivity contribution in [3.8, 4) is 17.2 Å². The Morgan fingerprint density at radius 1 is 1.21 bits per heavy atom. The van der Waals surface area contributed by atoms with E-state index in [0.29, 0.717) is 22.2 Å². The Labute approximate surface area is 114 Å². The van der Waals surface area contributed by atoms with Crippen LogP contribution in [-0.4, -0.2) is 12.1 Å². The first-order chi connectivity index (χ1) is 9.17. The van der Waals surface area contributed by atoms with E-state index in [0.717, 1.165) is 16.8 Å². The molecule has 0 saturated heterocycles. The van der Waals surface area contributed by atoms with Gasteiger partial charge in [0.05, 0.1) is 17.8 Å². The lowest BCUT2D eigenvalue weighted by molar-refractivity contribution is 0.415. The molecule has 0 radical (unpaired) electrons. The van der Waals surface area contributed by atoms with Gasteiger partial charge in [0.25, 0.3) is 0 Å². The maximum Gasteiger partial charge on any atom is 0.227 e. The van der Waals surface area contributed by atoms with Gasteiger partial charge in [0.1, 0.15) is 11.3 Å². The van der Waals surface area contributed by atoms with Crippen LogP contribution in [0.5, 0.6) is 5.75 Å². The number of ether oxygens (including phenoxy) is 1. The number of halogens is 1. The number of hydrogen-bond donors (Lipinski definition) is 1. The first-order valence-corrected chi connectivity index (χ1v) is 6.05. The zero-order valence-corrected chi connectivity index (χ0v) is 10.9. The monoisotopic (exact) mass is 274 g/mol. The number of aromatic nitrogens is 1. The van der Waals surface area contributed by atoms with Crippen LogP contribution < -0.4 is 10.5 Å². The topological polar surface area (TPSA) is 61.3 Å². The predicted octanol–water partition coefficient (Wildman–Crippen LogP) is 3.74. The summed E-state index contributed by atoms with van der Waals surface area (Å²) in [5.74, 6) is 1.24. The molecule has 1 heterocycles. The second kappa shape index (κ2) is 4.48. The number of nitrogen functional groups attached to an aromatic ring is 1. The van der Waals surface area contributed by atoms with E-state index in [1.165, 1.54) is 0 Å². The van der Waals surface area contributed by atoms with Crippen LogP contribution in [0.4, 0.5) is 5.69 Å². The van der Waals surface area contributed by atoms with E-state index >= 15 is 0 Å². The van der Waals surface area contributed by atoms with Crippen molar-refractivity contribution in [2.45, 2.75) is 0 Å². The standard InChI is InChI=1S/C14H11ClN2O2/c1-18-9-3-5-13-12(7-9)17-14(19-13)8-2-4-11(16)10(15)6-8/h2-7H,16H2,1H3. The van der Waals surface area contributed by atoms with Crippen LogP contribution in [0.25, 0.3) is 22.6 Å². The third-order valence-corrected chi connectivity index (χ3v) is 3.17. The molecule has 0 aliphatic carbocycles. The van der Waals surface area contributed by atoms with Gasteiger partial charge < -0.3 is 14.9 Å². The largest absolute Gasteiger partial charge is 0.497 e. The number of oxazole rings is 1. The van der Waals surface area contributed by atoms with Crippen molar-refractivity contribution >= 4 is 28.4 Å². The van der Waals surface area contributed by atoms with E-state index in [1.807, 2.05) is 24.3 Å². The molecule has 1 aromatic heterocycles. The molecular weight excluding hydrogens is 264 g/mol. The summed E-state index contributed by atoms with van der Waals surface area (Å²) in [6.45, 7) is 0. The maximum absolute atomic E-state index is 6.00. The number of fused-ring (bicyclic) bond motifs is 1. The van der Waals surface area contributed by atoms with Crippen molar-refractivity contribution in [2.24, 2.45) is 0 Å². The number of nitrogens with zero attached hydrogens (tertiary/aromatic N) is 1. The molecule has 2 N–H and O–H groups in total. The quantitative estimate of drug-likeness (QED) is 0.723. The lowest BCUT2D eigenvalue weighted by atomic mass is 10.2. The lowest BCUT2D eigenvalue weighted by Crippen LogP contribution is -1.86. The van der Waals surface area contributed by atoms with Gasteiger partial charge in [0.15, 0.2) is 5.58 Å². The van der Waals surface area contributed by atoms with Crippen molar-refractivity contribution in [3.05, 3.63) is 41.4 Å². The lowest BCUT2D eigenvalue weighted by Gasteiger charge is -1.99. The van der Waals surface area contributed by atoms with E-state index < -0.39 is 0 Å². The van der Waals surface area contributed by atoms with E-state index in [2.05, 4.69) is 4.98 Å². The molecule has 0 fully saturated rings. The van der Waals surface area contributed by atoms with Crippen molar-refractivity contribution in [2.75, 3.05) is 12.8 Å². The van der Waals surface area contributed by atoms with E-state index in [-0.39, 0.29) is 0 Å². The molecule has 3 aromatic rings. The van der Waals surface area contributed by atoms with E-state index in [1.54, 1.807) is 19.2 Å². The van der Waals surface area contributed by atoms with Crippen LogP contribution in [0.1, 0.15) is 0 Å². The van der Waals surface area contributed by atoms with Crippen molar-refractivity contribution in [1.29, 1.82) is 0 Å². The maximum atomic E-state index is 6.00. The van der Waals surface area contributed by atoms with Crippen LogP contribution in [0, 0.1) is 0 Å². The minimum absolute atomic E-state index is 0.484. The van der Waals surface area contributed by atoms with Gasteiger partial charge in [-0.25, -0.2) is 4.98 Å². The third kappa shape index (κ3) is 2.11. The normalized spacial score (nSPS) is 10.8. The Balaban J connectivity index is 2.11. The van der Waals surface area contributed by atoms with Gasteiger partial charge in [-0.05, 0) is 30.3 Å². The van der Waals surface area contributed by atoms with Crippen LogP contribution in [0.2, 0.25) is 5.02 Å². The molecule has 4 nitrogen and oxygen atoms in total. The fourth-order valence-corrected chi connectivity index (χ4v) is 2.00. The SMILES string of the molecule is COc1ccc2oc(-c3ccc(N)c(Cl)c3)nc2c1. The molecule has 0 saturated carbocycles. The van der Waals surface area contributed by atoms with Crippen LogP contribution in [0.3, 0.4) is 0 Å². The Bertz CT molecular complexity index is 752. The van der Waals surface area contributed by atoms with Gasteiger partial charge in [-0.1, -0.05) is 11.6 Å². The smallest absolute Gasteiger partial charge is 0.227 e. The fraction of sp³-hybridized carbons (Fsp3) is 0.0714. The van der Waals surface area contributed by atoms with Gasteiger partial charge in [0, 0.05) is 11.6 Å².